The monoisotopic (exact) mass is 405 g/mol. The maximum absolute atomic E-state index is 12.7. The molecule has 0 spiro atoms. The molecule has 0 aromatic carbocycles. The third-order valence-electron chi connectivity index (χ3n) is 4.53. The van der Waals surface area contributed by atoms with Gasteiger partial charge in [0.05, 0.1) is 11.2 Å². The Kier molecular flexibility index (Phi) is 5.11. The number of aromatic nitrogens is 2. The van der Waals surface area contributed by atoms with Gasteiger partial charge in [-0.25, -0.2) is 13.4 Å². The van der Waals surface area contributed by atoms with Gasteiger partial charge in [0.1, 0.15) is 5.69 Å². The van der Waals surface area contributed by atoms with Gasteiger partial charge in [-0.1, -0.05) is 0 Å². The summed E-state index contributed by atoms with van der Waals surface area (Å²) >= 11 is 1.13. The quantitative estimate of drug-likeness (QED) is 0.780. The molecule has 3 heterocycles. The van der Waals surface area contributed by atoms with E-state index >= 15 is 0 Å². The number of hydrogen-bond acceptors (Lipinski definition) is 5. The fraction of sp³-hybridized carbons (Fsp3) is 0.500. The molecule has 0 unspecified atom stereocenters. The van der Waals surface area contributed by atoms with Crippen LogP contribution in [0.2, 0.25) is 0 Å². The van der Waals surface area contributed by atoms with Crippen LogP contribution in [0.3, 0.4) is 0 Å². The number of nitrogens with zero attached hydrogens (tertiary/aromatic N) is 3. The van der Waals surface area contributed by atoms with Crippen molar-refractivity contribution in [3.8, 4) is 0 Å². The fourth-order valence-electron chi connectivity index (χ4n) is 3.14. The Balaban J connectivity index is 1.73. The molecule has 10 heteroatoms. The molecule has 5 nitrogen and oxygen atoms in total. The van der Waals surface area contributed by atoms with Gasteiger partial charge in [-0.15, -0.1) is 11.3 Å². The summed E-state index contributed by atoms with van der Waals surface area (Å²) in [6, 6.07) is 1.05. The fourth-order valence-corrected chi connectivity index (χ4v) is 5.88. The summed E-state index contributed by atoms with van der Waals surface area (Å²) in [5, 5.41) is 0.685. The number of alkyl halides is 3. The predicted octanol–water partition coefficient (Wildman–Crippen LogP) is 3.74. The van der Waals surface area contributed by atoms with Crippen molar-refractivity contribution in [3.63, 3.8) is 0 Å². The summed E-state index contributed by atoms with van der Waals surface area (Å²) in [6.45, 7) is 4.03. The Bertz CT molecular complexity index is 902. The summed E-state index contributed by atoms with van der Waals surface area (Å²) in [6.07, 6.45) is -0.728. The van der Waals surface area contributed by atoms with Gasteiger partial charge in [-0.05, 0) is 49.8 Å². The van der Waals surface area contributed by atoms with Gasteiger partial charge < -0.3 is 0 Å². The number of sulfonamides is 1. The third-order valence-corrected chi connectivity index (χ3v) is 7.78. The Hall–Kier alpha value is -1.52. The van der Waals surface area contributed by atoms with Gasteiger partial charge in [0.15, 0.2) is 4.21 Å². The van der Waals surface area contributed by atoms with Crippen molar-refractivity contribution >= 4 is 21.4 Å². The first kappa shape index (κ1) is 19.2. The highest BCUT2D eigenvalue weighted by molar-refractivity contribution is 7.91. The SMILES string of the molecule is Cc1ncc(S(=O)(=O)N2CCC(c3cnc(C(F)(F)F)cc3C)CC2)s1. The van der Waals surface area contributed by atoms with E-state index in [1.54, 1.807) is 13.8 Å². The van der Waals surface area contributed by atoms with Crippen LogP contribution in [0.25, 0.3) is 0 Å². The molecule has 0 aliphatic carbocycles. The Morgan fingerprint density at radius 1 is 1.15 bits per heavy atom. The molecule has 2 aromatic rings. The lowest BCUT2D eigenvalue weighted by molar-refractivity contribution is -0.141. The van der Waals surface area contributed by atoms with Crippen LogP contribution in [-0.2, 0) is 16.2 Å². The Morgan fingerprint density at radius 3 is 2.31 bits per heavy atom. The maximum Gasteiger partial charge on any atom is 0.433 e. The first-order valence-electron chi connectivity index (χ1n) is 8.05. The van der Waals surface area contributed by atoms with Gasteiger partial charge in [-0.2, -0.15) is 17.5 Å². The lowest BCUT2D eigenvalue weighted by Crippen LogP contribution is -2.37. The van der Waals surface area contributed by atoms with Crippen LogP contribution in [0.1, 0.15) is 40.6 Å². The second-order valence-corrected chi connectivity index (χ2v) is 9.70. The zero-order chi connectivity index (χ0) is 19.1. The molecule has 142 valence electrons. The highest BCUT2D eigenvalue weighted by Gasteiger charge is 2.34. The van der Waals surface area contributed by atoms with Gasteiger partial charge in [0.2, 0.25) is 0 Å². The molecule has 0 amide bonds. The minimum atomic E-state index is -4.46. The predicted molar refractivity (Wildman–Crippen MR) is 91.6 cm³/mol. The minimum absolute atomic E-state index is 0.000527. The second kappa shape index (κ2) is 6.90. The molecule has 2 aromatic heterocycles. The number of aryl methyl sites for hydroxylation is 2. The van der Waals surface area contributed by atoms with E-state index in [2.05, 4.69) is 9.97 Å². The average molecular weight is 405 g/mol. The van der Waals surface area contributed by atoms with Crippen LogP contribution in [0, 0.1) is 13.8 Å². The molecule has 1 aliphatic rings. The number of pyridine rings is 1. The lowest BCUT2D eigenvalue weighted by atomic mass is 9.88. The Morgan fingerprint density at radius 2 is 1.81 bits per heavy atom. The Labute approximate surface area is 153 Å². The molecule has 3 rings (SSSR count). The van der Waals surface area contributed by atoms with E-state index < -0.39 is 21.9 Å². The lowest BCUT2D eigenvalue weighted by Gasteiger charge is -2.31. The number of rotatable bonds is 3. The molecule has 1 fully saturated rings. The molecular formula is C16H18F3N3O2S2. The first-order chi connectivity index (χ1) is 12.1. The van der Waals surface area contributed by atoms with E-state index in [1.165, 1.54) is 16.7 Å². The standard InChI is InChI=1S/C16H18F3N3O2S2/c1-10-7-14(16(17,18)19)21-8-13(10)12-3-5-22(6-4-12)26(23,24)15-9-20-11(2)25-15/h7-9,12H,3-6H2,1-2H3. The van der Waals surface area contributed by atoms with Crippen LogP contribution in [-0.4, -0.2) is 35.8 Å². The molecule has 0 atom stereocenters. The number of hydrogen-bond donors (Lipinski definition) is 0. The smallest absolute Gasteiger partial charge is 0.251 e. The van der Waals surface area contributed by atoms with Crippen LogP contribution in [0.4, 0.5) is 13.2 Å². The van der Waals surface area contributed by atoms with E-state index in [9.17, 15) is 21.6 Å². The summed E-state index contributed by atoms with van der Waals surface area (Å²) in [5.41, 5.74) is 0.384. The van der Waals surface area contributed by atoms with E-state index in [0.717, 1.165) is 23.0 Å². The van der Waals surface area contributed by atoms with Crippen LogP contribution < -0.4 is 0 Å². The minimum Gasteiger partial charge on any atom is -0.251 e. The van der Waals surface area contributed by atoms with Crippen molar-refractivity contribution in [1.82, 2.24) is 14.3 Å². The van der Waals surface area contributed by atoms with Gasteiger partial charge in [0, 0.05) is 19.3 Å². The first-order valence-corrected chi connectivity index (χ1v) is 10.3. The van der Waals surface area contributed by atoms with E-state index in [0.29, 0.717) is 36.5 Å². The summed E-state index contributed by atoms with van der Waals surface area (Å²) in [4.78, 5) is 7.53. The molecule has 0 N–H and O–H groups in total. The highest BCUT2D eigenvalue weighted by atomic mass is 32.2. The van der Waals surface area contributed by atoms with Crippen LogP contribution in [0.5, 0.6) is 0 Å². The molecule has 0 saturated carbocycles. The molecule has 1 aliphatic heterocycles. The van der Waals surface area contributed by atoms with Crippen molar-refractivity contribution in [1.29, 1.82) is 0 Å². The van der Waals surface area contributed by atoms with Crippen LogP contribution >= 0.6 is 11.3 Å². The molecule has 26 heavy (non-hydrogen) atoms. The third kappa shape index (κ3) is 3.77. The van der Waals surface area contributed by atoms with E-state index in [4.69, 9.17) is 0 Å². The molecule has 1 saturated heterocycles. The molecule has 0 radical (unpaired) electrons. The van der Waals surface area contributed by atoms with Crippen LogP contribution in [0.15, 0.2) is 22.7 Å². The van der Waals surface area contributed by atoms with E-state index in [1.807, 2.05) is 0 Å². The van der Waals surface area contributed by atoms with Crippen molar-refractivity contribution in [2.45, 2.75) is 43.0 Å². The average Bonchev–Trinajstić information content (AvgIpc) is 3.01. The van der Waals surface area contributed by atoms with Gasteiger partial charge in [-0.3, -0.25) is 4.98 Å². The summed E-state index contributed by atoms with van der Waals surface area (Å²) < 4.78 is 65.1. The van der Waals surface area contributed by atoms with Crippen molar-refractivity contribution in [2.75, 3.05) is 13.1 Å². The number of thiazole rings is 1. The van der Waals surface area contributed by atoms with Crippen molar-refractivity contribution in [2.24, 2.45) is 0 Å². The molecule has 0 bridgehead atoms. The normalized spacial score (nSPS) is 17.6. The second-order valence-electron chi connectivity index (χ2n) is 6.30. The largest absolute Gasteiger partial charge is 0.433 e. The van der Waals surface area contributed by atoms with E-state index in [-0.39, 0.29) is 10.1 Å². The zero-order valence-corrected chi connectivity index (χ0v) is 15.9. The highest BCUT2D eigenvalue weighted by Crippen LogP contribution is 2.35. The summed E-state index contributed by atoms with van der Waals surface area (Å²) in [7, 11) is -3.56. The van der Waals surface area contributed by atoms with Gasteiger partial charge >= 0.3 is 6.18 Å². The van der Waals surface area contributed by atoms with Crippen molar-refractivity contribution in [3.05, 3.63) is 40.3 Å². The summed E-state index contributed by atoms with van der Waals surface area (Å²) in [5.74, 6) is -0.000527. The topological polar surface area (TPSA) is 63.2 Å². The molecular weight excluding hydrogens is 387 g/mol. The number of halogens is 3. The van der Waals surface area contributed by atoms with Crippen molar-refractivity contribution < 1.29 is 21.6 Å². The van der Waals surface area contributed by atoms with Gasteiger partial charge in [0.25, 0.3) is 10.0 Å². The zero-order valence-electron chi connectivity index (χ0n) is 14.2. The number of piperidine rings is 1. The maximum atomic E-state index is 12.7.